The fourth-order valence-corrected chi connectivity index (χ4v) is 7.38. The van der Waals surface area contributed by atoms with Crippen LogP contribution < -0.4 is 4.74 Å². The van der Waals surface area contributed by atoms with E-state index in [9.17, 15) is 0 Å². The molecule has 1 heterocycles. The highest BCUT2D eigenvalue weighted by atomic mass is 16.5. The standard InChI is InChI=1S/C44H26O/c1-2-12-29(13-3-1)41-37-19-8-16-33(39(37)26-30-21-20-27-10-4-6-14-31(27)42(30)41)34-24-25-40-43-35(34)17-9-18-36(43)38-23-22-28-11-5-7-15-32(28)44(38)45-40/h1-26H/i1D,2D,3D,12D,13D. The second kappa shape index (κ2) is 9.29. The van der Waals surface area contributed by atoms with Crippen molar-refractivity contribution in [1.82, 2.24) is 0 Å². The molecule has 9 aromatic carbocycles. The van der Waals surface area contributed by atoms with Gasteiger partial charge in [0.25, 0.3) is 0 Å². The lowest BCUT2D eigenvalue weighted by Crippen LogP contribution is -1.99. The summed E-state index contributed by atoms with van der Waals surface area (Å²) < 4.78 is 50.2. The molecular weight excluding hydrogens is 544 g/mol. The first kappa shape index (κ1) is 20.1. The molecule has 0 radical (unpaired) electrons. The van der Waals surface area contributed by atoms with Crippen molar-refractivity contribution in [3.63, 3.8) is 0 Å². The second-order valence-electron chi connectivity index (χ2n) is 11.6. The Balaban J connectivity index is 1.32. The van der Waals surface area contributed by atoms with Gasteiger partial charge in [-0.05, 0) is 89.1 Å². The van der Waals surface area contributed by atoms with Crippen LogP contribution in [0.4, 0.5) is 0 Å². The molecule has 0 unspecified atom stereocenters. The number of hydrogen-bond donors (Lipinski definition) is 0. The maximum absolute atomic E-state index is 9.06. The van der Waals surface area contributed by atoms with Gasteiger partial charge in [-0.15, -0.1) is 0 Å². The van der Waals surface area contributed by atoms with Gasteiger partial charge in [-0.25, -0.2) is 0 Å². The molecule has 10 rings (SSSR count). The molecule has 1 heteroatoms. The molecule has 1 aliphatic heterocycles. The van der Waals surface area contributed by atoms with E-state index in [4.69, 9.17) is 11.6 Å². The molecule has 0 bridgehead atoms. The Morgan fingerprint density at radius 2 is 1.07 bits per heavy atom. The summed E-state index contributed by atoms with van der Waals surface area (Å²) in [6.45, 7) is 0. The lowest BCUT2D eigenvalue weighted by molar-refractivity contribution is 0.493. The summed E-state index contributed by atoms with van der Waals surface area (Å²) in [6, 6.07) is 42.1. The van der Waals surface area contributed by atoms with Crippen LogP contribution >= 0.6 is 0 Å². The largest absolute Gasteiger partial charge is 0.455 e. The van der Waals surface area contributed by atoms with Gasteiger partial charge < -0.3 is 4.74 Å². The number of ether oxygens (including phenoxy) is 1. The SMILES string of the molecule is [2H]c1c([2H])c([2H])c(-c2c3cccc(-c4ccc5c6c(cccc46)-c4ccc6ccccc6c4O5)c3cc3ccc4ccccc4c23)c([2H])c1[2H]. The molecule has 208 valence electrons. The van der Waals surface area contributed by atoms with E-state index in [0.717, 1.165) is 87.6 Å². The average Bonchev–Trinajstić information content (AvgIpc) is 3.16. The van der Waals surface area contributed by atoms with Crippen molar-refractivity contribution < 1.29 is 11.6 Å². The van der Waals surface area contributed by atoms with Crippen molar-refractivity contribution in [3.05, 3.63) is 158 Å². The van der Waals surface area contributed by atoms with Crippen LogP contribution in [-0.4, -0.2) is 0 Å². The van der Waals surface area contributed by atoms with Crippen LogP contribution in [-0.2, 0) is 0 Å². The van der Waals surface area contributed by atoms with Gasteiger partial charge in [0, 0.05) is 16.3 Å². The smallest absolute Gasteiger partial charge is 0.143 e. The van der Waals surface area contributed by atoms with Crippen LogP contribution in [0.3, 0.4) is 0 Å². The third-order valence-electron chi connectivity index (χ3n) is 9.31. The van der Waals surface area contributed by atoms with Crippen molar-refractivity contribution in [2.24, 2.45) is 0 Å². The summed E-state index contributed by atoms with van der Waals surface area (Å²) in [5.74, 6) is 1.67. The fraction of sp³-hybridized carbons (Fsp3) is 0. The van der Waals surface area contributed by atoms with Gasteiger partial charge in [-0.2, -0.15) is 0 Å². The Labute approximate surface area is 267 Å². The first-order chi connectivity index (χ1) is 24.4. The normalized spacial score (nSPS) is 13.7. The van der Waals surface area contributed by atoms with Gasteiger partial charge >= 0.3 is 0 Å². The Bertz CT molecular complexity index is 2940. The van der Waals surface area contributed by atoms with Gasteiger partial charge in [0.15, 0.2) is 0 Å². The summed E-state index contributed by atoms with van der Waals surface area (Å²) in [6.07, 6.45) is 0. The van der Waals surface area contributed by atoms with E-state index in [1.165, 1.54) is 0 Å². The minimum Gasteiger partial charge on any atom is -0.455 e. The maximum atomic E-state index is 9.06. The molecule has 0 N–H and O–H groups in total. The molecule has 0 aromatic heterocycles. The van der Waals surface area contributed by atoms with E-state index < -0.39 is 6.04 Å². The second-order valence-corrected chi connectivity index (χ2v) is 11.6. The monoisotopic (exact) mass is 575 g/mol. The van der Waals surface area contributed by atoms with E-state index in [1.54, 1.807) is 0 Å². The van der Waals surface area contributed by atoms with Crippen LogP contribution in [0.2, 0.25) is 0 Å². The van der Waals surface area contributed by atoms with E-state index in [0.29, 0.717) is 5.56 Å². The Morgan fingerprint density at radius 3 is 1.93 bits per heavy atom. The number of fused-ring (bicyclic) bond motifs is 8. The molecule has 45 heavy (non-hydrogen) atoms. The molecular formula is C44H26O. The molecule has 0 atom stereocenters. The number of benzene rings is 9. The van der Waals surface area contributed by atoms with E-state index in [1.807, 2.05) is 48.5 Å². The predicted molar refractivity (Wildman–Crippen MR) is 190 cm³/mol. The lowest BCUT2D eigenvalue weighted by atomic mass is 9.85. The van der Waals surface area contributed by atoms with E-state index in [-0.39, 0.29) is 29.7 Å². The highest BCUT2D eigenvalue weighted by Crippen LogP contribution is 2.52. The molecule has 1 aliphatic rings. The zero-order valence-corrected chi connectivity index (χ0v) is 24.0. The quantitative estimate of drug-likeness (QED) is 0.147. The highest BCUT2D eigenvalue weighted by molar-refractivity contribution is 6.24. The average molecular weight is 576 g/mol. The van der Waals surface area contributed by atoms with Gasteiger partial charge in [-0.3, -0.25) is 0 Å². The predicted octanol–water partition coefficient (Wildman–Crippen LogP) is 12.6. The molecule has 0 spiro atoms. The van der Waals surface area contributed by atoms with Gasteiger partial charge in [-0.1, -0.05) is 139 Å². The number of rotatable bonds is 2. The summed E-state index contributed by atoms with van der Waals surface area (Å²) >= 11 is 0. The van der Waals surface area contributed by atoms with Crippen molar-refractivity contribution in [2.75, 3.05) is 0 Å². The van der Waals surface area contributed by atoms with Gasteiger partial charge in [0.1, 0.15) is 11.5 Å². The molecule has 0 saturated heterocycles. The third-order valence-corrected chi connectivity index (χ3v) is 9.31. The first-order valence-corrected chi connectivity index (χ1v) is 15.1. The van der Waals surface area contributed by atoms with E-state index in [2.05, 4.69) is 78.9 Å². The molecule has 0 saturated carbocycles. The molecule has 0 amide bonds. The van der Waals surface area contributed by atoms with Crippen LogP contribution in [0, 0.1) is 0 Å². The van der Waals surface area contributed by atoms with Gasteiger partial charge in [0.05, 0.1) is 6.85 Å². The first-order valence-electron chi connectivity index (χ1n) is 17.6. The molecule has 1 nitrogen and oxygen atoms in total. The molecule has 9 aromatic rings. The van der Waals surface area contributed by atoms with Crippen LogP contribution in [0.5, 0.6) is 11.5 Å². The topological polar surface area (TPSA) is 9.23 Å². The van der Waals surface area contributed by atoms with Crippen molar-refractivity contribution in [2.45, 2.75) is 0 Å². The fourth-order valence-electron chi connectivity index (χ4n) is 7.38. The van der Waals surface area contributed by atoms with Crippen LogP contribution in [0.1, 0.15) is 6.85 Å². The lowest BCUT2D eigenvalue weighted by Gasteiger charge is -2.24. The summed E-state index contributed by atoms with van der Waals surface area (Å²) in [4.78, 5) is 0. The molecule has 0 aliphatic carbocycles. The Morgan fingerprint density at radius 1 is 0.422 bits per heavy atom. The maximum Gasteiger partial charge on any atom is 0.143 e. The Hall–Kier alpha value is -5.92. The number of hydrogen-bond acceptors (Lipinski definition) is 1. The van der Waals surface area contributed by atoms with Crippen LogP contribution in [0.25, 0.3) is 87.2 Å². The summed E-state index contributed by atoms with van der Waals surface area (Å²) in [5.41, 5.74) is 5.02. The molecule has 0 fully saturated rings. The minimum absolute atomic E-state index is 0.203. The van der Waals surface area contributed by atoms with Crippen molar-refractivity contribution in [3.8, 4) is 44.9 Å². The summed E-state index contributed by atoms with van der Waals surface area (Å²) in [5, 5.41) is 9.81. The van der Waals surface area contributed by atoms with Crippen LogP contribution in [0.15, 0.2) is 158 Å². The van der Waals surface area contributed by atoms with Gasteiger partial charge in [0.2, 0.25) is 0 Å². The minimum atomic E-state index is -0.403. The van der Waals surface area contributed by atoms with Crippen molar-refractivity contribution >= 4 is 53.9 Å². The zero-order chi connectivity index (χ0) is 33.8. The third kappa shape index (κ3) is 3.50. The summed E-state index contributed by atoms with van der Waals surface area (Å²) in [7, 11) is 0. The zero-order valence-electron chi connectivity index (χ0n) is 29.0. The van der Waals surface area contributed by atoms with Crippen molar-refractivity contribution in [1.29, 1.82) is 0 Å². The highest BCUT2D eigenvalue weighted by Gasteiger charge is 2.24. The Kier molecular flexibility index (Phi) is 4.15. The van der Waals surface area contributed by atoms with E-state index >= 15 is 0 Å².